The molecule has 0 saturated carbocycles. The van der Waals surface area contributed by atoms with Crippen molar-refractivity contribution < 1.29 is 18.0 Å². The van der Waals surface area contributed by atoms with E-state index in [9.17, 15) is 18.0 Å². The number of amides is 2. The van der Waals surface area contributed by atoms with Crippen LogP contribution in [0.1, 0.15) is 44.0 Å². The van der Waals surface area contributed by atoms with Crippen molar-refractivity contribution in [2.24, 2.45) is 0 Å². The molecule has 1 aliphatic rings. The van der Waals surface area contributed by atoms with Crippen LogP contribution in [0.4, 0.5) is 0 Å². The SMILES string of the molecule is CC(C)(C)NC(=O)CNC(=O)c1ccc(S(=O)(=O)N2CCCC2)cc1. The zero-order valence-electron chi connectivity index (χ0n) is 14.8. The Kier molecular flexibility index (Phi) is 5.84. The Bertz CT molecular complexity index is 730. The summed E-state index contributed by atoms with van der Waals surface area (Å²) in [7, 11) is -3.49. The fourth-order valence-corrected chi connectivity index (χ4v) is 4.10. The van der Waals surface area contributed by atoms with Crippen LogP contribution in [0.15, 0.2) is 29.2 Å². The highest BCUT2D eigenvalue weighted by Gasteiger charge is 2.27. The molecular formula is C17H25N3O4S. The van der Waals surface area contributed by atoms with Crippen LogP contribution in [-0.4, -0.2) is 49.7 Å². The number of carbonyl (C=O) groups is 2. The predicted molar refractivity (Wildman–Crippen MR) is 94.7 cm³/mol. The first-order chi connectivity index (χ1) is 11.6. The molecular weight excluding hydrogens is 342 g/mol. The molecule has 2 N–H and O–H groups in total. The normalized spacial score (nSPS) is 15.8. The van der Waals surface area contributed by atoms with Crippen molar-refractivity contribution in [2.45, 2.75) is 44.0 Å². The average Bonchev–Trinajstić information content (AvgIpc) is 3.06. The molecule has 138 valence electrons. The van der Waals surface area contributed by atoms with Crippen LogP contribution < -0.4 is 10.6 Å². The van der Waals surface area contributed by atoms with Gasteiger partial charge in [0.15, 0.2) is 0 Å². The van der Waals surface area contributed by atoms with E-state index in [4.69, 9.17) is 0 Å². The maximum Gasteiger partial charge on any atom is 0.251 e. The lowest BCUT2D eigenvalue weighted by Gasteiger charge is -2.20. The van der Waals surface area contributed by atoms with Crippen molar-refractivity contribution in [1.29, 1.82) is 0 Å². The molecule has 0 atom stereocenters. The molecule has 7 nitrogen and oxygen atoms in total. The van der Waals surface area contributed by atoms with E-state index >= 15 is 0 Å². The molecule has 1 aromatic carbocycles. The summed E-state index contributed by atoms with van der Waals surface area (Å²) in [6.07, 6.45) is 1.74. The summed E-state index contributed by atoms with van der Waals surface area (Å²) >= 11 is 0. The maximum absolute atomic E-state index is 12.4. The molecule has 1 saturated heterocycles. The summed E-state index contributed by atoms with van der Waals surface area (Å²) in [6, 6.07) is 5.77. The third kappa shape index (κ3) is 5.27. The van der Waals surface area contributed by atoms with Crippen LogP contribution in [0.2, 0.25) is 0 Å². The van der Waals surface area contributed by atoms with Gasteiger partial charge in [-0.05, 0) is 57.9 Å². The minimum absolute atomic E-state index is 0.135. The lowest BCUT2D eigenvalue weighted by atomic mass is 10.1. The van der Waals surface area contributed by atoms with Gasteiger partial charge in [0.1, 0.15) is 0 Å². The molecule has 1 fully saturated rings. The summed E-state index contributed by atoms with van der Waals surface area (Å²) in [4.78, 5) is 24.0. The Morgan fingerprint density at radius 2 is 1.64 bits per heavy atom. The van der Waals surface area contributed by atoms with Crippen LogP contribution in [0, 0.1) is 0 Å². The second-order valence-corrected chi connectivity index (χ2v) is 9.05. The Balaban J connectivity index is 1.97. The molecule has 0 aliphatic carbocycles. The maximum atomic E-state index is 12.4. The number of nitrogens with one attached hydrogen (secondary N) is 2. The molecule has 0 aromatic heterocycles. The van der Waals surface area contributed by atoms with Crippen molar-refractivity contribution in [3.05, 3.63) is 29.8 Å². The van der Waals surface area contributed by atoms with E-state index in [0.717, 1.165) is 12.8 Å². The number of carbonyl (C=O) groups excluding carboxylic acids is 2. The van der Waals surface area contributed by atoms with E-state index in [2.05, 4.69) is 10.6 Å². The van der Waals surface area contributed by atoms with E-state index in [1.54, 1.807) is 0 Å². The van der Waals surface area contributed by atoms with Gasteiger partial charge in [0.2, 0.25) is 15.9 Å². The number of hydrogen-bond acceptors (Lipinski definition) is 4. The highest BCUT2D eigenvalue weighted by Crippen LogP contribution is 2.21. The highest BCUT2D eigenvalue weighted by atomic mass is 32.2. The van der Waals surface area contributed by atoms with E-state index in [0.29, 0.717) is 18.7 Å². The molecule has 0 spiro atoms. The Morgan fingerprint density at radius 3 is 2.16 bits per heavy atom. The third-order valence-electron chi connectivity index (χ3n) is 3.74. The van der Waals surface area contributed by atoms with E-state index in [1.807, 2.05) is 20.8 Å². The highest BCUT2D eigenvalue weighted by molar-refractivity contribution is 7.89. The predicted octanol–water partition coefficient (Wildman–Crippen LogP) is 1.12. The van der Waals surface area contributed by atoms with Crippen LogP contribution in [0.25, 0.3) is 0 Å². The summed E-state index contributed by atoms with van der Waals surface area (Å²) < 4.78 is 26.3. The standard InChI is InChI=1S/C17H25N3O4S/c1-17(2,3)19-15(21)12-18-16(22)13-6-8-14(9-7-13)25(23,24)20-10-4-5-11-20/h6-9H,4-5,10-12H2,1-3H3,(H,18,22)(H,19,21). The first-order valence-electron chi connectivity index (χ1n) is 8.29. The molecule has 1 aromatic rings. The van der Waals surface area contributed by atoms with E-state index < -0.39 is 15.9 Å². The van der Waals surface area contributed by atoms with Gasteiger partial charge in [-0.15, -0.1) is 0 Å². The summed E-state index contributed by atoms with van der Waals surface area (Å²) in [5.41, 5.74) is -0.0585. The molecule has 0 unspecified atom stereocenters. The van der Waals surface area contributed by atoms with Gasteiger partial charge in [-0.25, -0.2) is 8.42 Å². The van der Waals surface area contributed by atoms with Crippen LogP contribution in [0.5, 0.6) is 0 Å². The minimum Gasteiger partial charge on any atom is -0.350 e. The Hall–Kier alpha value is -1.93. The van der Waals surface area contributed by atoms with E-state index in [1.165, 1.54) is 28.6 Å². The van der Waals surface area contributed by atoms with Gasteiger partial charge in [-0.1, -0.05) is 0 Å². The molecule has 2 amide bonds. The molecule has 1 heterocycles. The topological polar surface area (TPSA) is 95.6 Å². The molecule has 8 heteroatoms. The molecule has 2 rings (SSSR count). The second kappa shape index (κ2) is 7.53. The average molecular weight is 367 g/mol. The van der Waals surface area contributed by atoms with Gasteiger partial charge in [0.25, 0.3) is 5.91 Å². The van der Waals surface area contributed by atoms with Gasteiger partial charge >= 0.3 is 0 Å². The van der Waals surface area contributed by atoms with Crippen LogP contribution in [0.3, 0.4) is 0 Å². The van der Waals surface area contributed by atoms with Gasteiger partial charge in [0, 0.05) is 24.2 Å². The first kappa shape index (κ1) is 19.4. The number of hydrogen-bond donors (Lipinski definition) is 2. The zero-order valence-corrected chi connectivity index (χ0v) is 15.6. The number of sulfonamides is 1. The van der Waals surface area contributed by atoms with Gasteiger partial charge in [-0.3, -0.25) is 9.59 Å². The number of nitrogens with zero attached hydrogens (tertiary/aromatic N) is 1. The number of rotatable bonds is 5. The fraction of sp³-hybridized carbons (Fsp3) is 0.529. The quantitative estimate of drug-likeness (QED) is 0.815. The Labute approximate surface area is 148 Å². The Morgan fingerprint density at radius 1 is 1.08 bits per heavy atom. The summed E-state index contributed by atoms with van der Waals surface area (Å²) in [6.45, 7) is 6.50. The van der Waals surface area contributed by atoms with Crippen LogP contribution >= 0.6 is 0 Å². The second-order valence-electron chi connectivity index (χ2n) is 7.12. The van der Waals surface area contributed by atoms with Gasteiger partial charge in [0.05, 0.1) is 11.4 Å². The largest absolute Gasteiger partial charge is 0.350 e. The molecule has 0 radical (unpaired) electrons. The minimum atomic E-state index is -3.49. The fourth-order valence-electron chi connectivity index (χ4n) is 2.58. The summed E-state index contributed by atoms with van der Waals surface area (Å²) in [5, 5.41) is 5.27. The van der Waals surface area contributed by atoms with Gasteiger partial charge in [-0.2, -0.15) is 4.31 Å². The molecule has 1 aliphatic heterocycles. The third-order valence-corrected chi connectivity index (χ3v) is 5.66. The van der Waals surface area contributed by atoms with Crippen molar-refractivity contribution >= 4 is 21.8 Å². The monoisotopic (exact) mass is 367 g/mol. The summed E-state index contributed by atoms with van der Waals surface area (Å²) in [5.74, 6) is -0.705. The van der Waals surface area contributed by atoms with Crippen LogP contribution in [-0.2, 0) is 14.8 Å². The molecule has 0 bridgehead atoms. The van der Waals surface area contributed by atoms with Crippen molar-refractivity contribution in [3.8, 4) is 0 Å². The van der Waals surface area contributed by atoms with Gasteiger partial charge < -0.3 is 10.6 Å². The number of benzene rings is 1. The van der Waals surface area contributed by atoms with Crippen molar-refractivity contribution in [1.82, 2.24) is 14.9 Å². The smallest absolute Gasteiger partial charge is 0.251 e. The van der Waals surface area contributed by atoms with Crippen molar-refractivity contribution in [2.75, 3.05) is 19.6 Å². The zero-order chi connectivity index (χ0) is 18.7. The lowest BCUT2D eigenvalue weighted by Crippen LogP contribution is -2.45. The van der Waals surface area contributed by atoms with E-state index in [-0.39, 0.29) is 22.9 Å². The first-order valence-corrected chi connectivity index (χ1v) is 9.73. The lowest BCUT2D eigenvalue weighted by molar-refractivity contribution is -0.121. The van der Waals surface area contributed by atoms with Crippen molar-refractivity contribution in [3.63, 3.8) is 0 Å². The molecule has 25 heavy (non-hydrogen) atoms.